The quantitative estimate of drug-likeness (QED) is 0.114. The Morgan fingerprint density at radius 2 is 1.52 bits per heavy atom. The van der Waals surface area contributed by atoms with Gasteiger partial charge in [-0.15, -0.1) is 0 Å². The van der Waals surface area contributed by atoms with Crippen molar-refractivity contribution in [1.82, 2.24) is 4.57 Å². The van der Waals surface area contributed by atoms with Crippen LogP contribution in [0.25, 0.3) is 23.1 Å². The van der Waals surface area contributed by atoms with Crippen LogP contribution in [-0.4, -0.2) is 39.9 Å². The monoisotopic (exact) mass is 599 g/mol. The van der Waals surface area contributed by atoms with Gasteiger partial charge in [0, 0.05) is 17.5 Å². The molecule has 0 atom stereocenters. The highest BCUT2D eigenvalue weighted by molar-refractivity contribution is 5.95. The van der Waals surface area contributed by atoms with Crippen molar-refractivity contribution < 1.29 is 33.7 Å². The van der Waals surface area contributed by atoms with E-state index in [1.807, 2.05) is 62.4 Å². The zero-order valence-electron chi connectivity index (χ0n) is 25.5. The summed E-state index contributed by atoms with van der Waals surface area (Å²) in [5.41, 5.74) is 6.74. The molecule has 8 heteroatoms. The zero-order valence-corrected chi connectivity index (χ0v) is 25.5. The Kier molecular flexibility index (Phi) is 10.6. The summed E-state index contributed by atoms with van der Waals surface area (Å²) < 4.78 is 28.5. The van der Waals surface area contributed by atoms with Gasteiger partial charge >= 0.3 is 11.9 Å². The third-order valence-corrected chi connectivity index (χ3v) is 7.46. The molecule has 0 saturated carbocycles. The van der Waals surface area contributed by atoms with Crippen LogP contribution in [0.4, 0.5) is 4.39 Å². The number of carboxylic acids is 2. The van der Waals surface area contributed by atoms with Gasteiger partial charge in [0.25, 0.3) is 0 Å². The standard InChI is InChI=1S/C36H38FNO6/c1-23-20-24(2)36(25(3)21-23)44-19-6-5-18-43-29-15-11-27(12-16-29)10-13-28-14-17-31(37)34-30(8-7-9-32(39)40)26(4)38(35(28)34)22-33(41)42/h5-6,10-17,20-21H,7-9,18-19,22H2,1-4H3,(H,39,40)(H,41,42)/b6-5+,13-10?. The molecular weight excluding hydrogens is 561 g/mol. The first-order valence-corrected chi connectivity index (χ1v) is 14.6. The number of aryl methyl sites for hydroxylation is 4. The number of halogens is 1. The SMILES string of the molecule is Cc1cc(C)c(OC/C=C/COc2ccc(C=Cc3ccc(F)c4c(CCCC(=O)O)c(C)n(CC(=O)O)c34)cc2)c(C)c1. The third-order valence-electron chi connectivity index (χ3n) is 7.46. The van der Waals surface area contributed by atoms with Gasteiger partial charge in [-0.3, -0.25) is 9.59 Å². The molecule has 1 heterocycles. The number of aliphatic carboxylic acids is 2. The molecular formula is C36H38FNO6. The van der Waals surface area contributed by atoms with Gasteiger partial charge in [0.15, 0.2) is 0 Å². The lowest BCUT2D eigenvalue weighted by Gasteiger charge is -2.11. The number of carboxylic acid groups (broad SMARTS) is 2. The van der Waals surface area contributed by atoms with Crippen LogP contribution < -0.4 is 9.47 Å². The van der Waals surface area contributed by atoms with E-state index in [1.54, 1.807) is 17.6 Å². The van der Waals surface area contributed by atoms with Gasteiger partial charge in [-0.1, -0.05) is 42.0 Å². The lowest BCUT2D eigenvalue weighted by atomic mass is 10.0. The smallest absolute Gasteiger partial charge is 0.323 e. The van der Waals surface area contributed by atoms with Crippen molar-refractivity contribution in [1.29, 1.82) is 0 Å². The maximum Gasteiger partial charge on any atom is 0.323 e. The predicted octanol–water partition coefficient (Wildman–Crippen LogP) is 7.69. The molecule has 3 aromatic carbocycles. The minimum atomic E-state index is -1.05. The van der Waals surface area contributed by atoms with E-state index >= 15 is 4.39 Å². The molecule has 0 unspecified atom stereocenters. The molecule has 0 spiro atoms. The molecule has 1 aromatic heterocycles. The summed E-state index contributed by atoms with van der Waals surface area (Å²) in [5.74, 6) is -0.818. The largest absolute Gasteiger partial charge is 0.490 e. The molecule has 0 aliphatic heterocycles. The molecule has 4 aromatic rings. The maximum absolute atomic E-state index is 15.1. The summed E-state index contributed by atoms with van der Waals surface area (Å²) >= 11 is 0. The highest BCUT2D eigenvalue weighted by Crippen LogP contribution is 2.33. The topological polar surface area (TPSA) is 98.0 Å². The summed E-state index contributed by atoms with van der Waals surface area (Å²) in [7, 11) is 0. The normalized spacial score (nSPS) is 11.6. The van der Waals surface area contributed by atoms with Gasteiger partial charge < -0.3 is 24.3 Å². The first kappa shape index (κ1) is 32.1. The van der Waals surface area contributed by atoms with Gasteiger partial charge in [-0.2, -0.15) is 0 Å². The molecule has 0 bridgehead atoms. The number of hydrogen-bond donors (Lipinski definition) is 2. The fourth-order valence-electron chi connectivity index (χ4n) is 5.53. The third kappa shape index (κ3) is 7.95. The molecule has 230 valence electrons. The van der Waals surface area contributed by atoms with Gasteiger partial charge in [0.2, 0.25) is 0 Å². The second-order valence-electron chi connectivity index (χ2n) is 10.9. The summed E-state index contributed by atoms with van der Waals surface area (Å²) in [6, 6.07) is 14.7. The van der Waals surface area contributed by atoms with Crippen LogP contribution in [0, 0.1) is 33.5 Å². The minimum absolute atomic E-state index is 0.0515. The van der Waals surface area contributed by atoms with Crippen molar-refractivity contribution in [3.8, 4) is 11.5 Å². The molecule has 0 radical (unpaired) electrons. The van der Waals surface area contributed by atoms with Gasteiger partial charge in [-0.25, -0.2) is 4.39 Å². The lowest BCUT2D eigenvalue weighted by molar-refractivity contribution is -0.138. The van der Waals surface area contributed by atoms with Crippen LogP contribution in [0.1, 0.15) is 51.9 Å². The number of carbonyl (C=O) groups is 2. The van der Waals surface area contributed by atoms with Crippen molar-refractivity contribution in [2.24, 2.45) is 0 Å². The number of nitrogens with zero attached hydrogens (tertiary/aromatic N) is 1. The van der Waals surface area contributed by atoms with Gasteiger partial charge in [0.1, 0.15) is 37.1 Å². The molecule has 0 fully saturated rings. The van der Waals surface area contributed by atoms with Crippen molar-refractivity contribution in [3.63, 3.8) is 0 Å². The maximum atomic E-state index is 15.1. The molecule has 0 aliphatic rings. The molecule has 7 nitrogen and oxygen atoms in total. The minimum Gasteiger partial charge on any atom is -0.490 e. The first-order chi connectivity index (χ1) is 21.0. The highest BCUT2D eigenvalue weighted by atomic mass is 19.1. The number of ether oxygens (including phenoxy) is 2. The van der Waals surface area contributed by atoms with E-state index in [4.69, 9.17) is 14.6 Å². The summed E-state index contributed by atoms with van der Waals surface area (Å²) in [4.78, 5) is 22.7. The summed E-state index contributed by atoms with van der Waals surface area (Å²) in [6.07, 6.45) is 8.16. The van der Waals surface area contributed by atoms with Crippen molar-refractivity contribution in [3.05, 3.63) is 106 Å². The second-order valence-corrected chi connectivity index (χ2v) is 10.9. The Balaban J connectivity index is 1.43. The zero-order chi connectivity index (χ0) is 31.8. The molecule has 0 saturated heterocycles. The number of hydrogen-bond acceptors (Lipinski definition) is 4. The van der Waals surface area contributed by atoms with Crippen LogP contribution in [0.15, 0.2) is 60.7 Å². The fourth-order valence-corrected chi connectivity index (χ4v) is 5.53. The molecule has 44 heavy (non-hydrogen) atoms. The number of aromatic nitrogens is 1. The summed E-state index contributed by atoms with van der Waals surface area (Å²) in [5, 5.41) is 18.9. The van der Waals surface area contributed by atoms with Crippen LogP contribution in [0.3, 0.4) is 0 Å². The van der Waals surface area contributed by atoms with Gasteiger partial charge in [-0.05, 0) is 105 Å². The van der Waals surface area contributed by atoms with Crippen LogP contribution in [0.2, 0.25) is 0 Å². The van der Waals surface area contributed by atoms with Crippen molar-refractivity contribution in [2.75, 3.05) is 13.2 Å². The lowest BCUT2D eigenvalue weighted by Crippen LogP contribution is -2.10. The van der Waals surface area contributed by atoms with Crippen LogP contribution >= 0.6 is 0 Å². The van der Waals surface area contributed by atoms with E-state index in [9.17, 15) is 14.7 Å². The molecule has 2 N–H and O–H groups in total. The van der Waals surface area contributed by atoms with Crippen molar-refractivity contribution >= 4 is 35.0 Å². The molecule has 0 amide bonds. The predicted molar refractivity (Wildman–Crippen MR) is 171 cm³/mol. The van der Waals surface area contributed by atoms with Crippen LogP contribution in [0.5, 0.6) is 11.5 Å². The van der Waals surface area contributed by atoms with E-state index in [0.717, 1.165) is 22.4 Å². The Bertz CT molecular complexity index is 1690. The van der Waals surface area contributed by atoms with Crippen LogP contribution in [-0.2, 0) is 22.6 Å². The fraction of sp³-hybridized carbons (Fsp3) is 0.278. The summed E-state index contributed by atoms with van der Waals surface area (Å²) in [6.45, 7) is 8.43. The second kappa shape index (κ2) is 14.6. The number of fused-ring (bicyclic) bond motifs is 1. The Hall–Kier alpha value is -4.85. The van der Waals surface area contributed by atoms with E-state index < -0.39 is 17.8 Å². The highest BCUT2D eigenvalue weighted by Gasteiger charge is 2.21. The van der Waals surface area contributed by atoms with Crippen molar-refractivity contribution in [2.45, 2.75) is 53.5 Å². The number of rotatable bonds is 14. The average molecular weight is 600 g/mol. The Labute approximate surface area is 256 Å². The van der Waals surface area contributed by atoms with Gasteiger partial charge in [0.05, 0.1) is 5.52 Å². The van der Waals surface area contributed by atoms with E-state index in [0.29, 0.717) is 59.5 Å². The molecule has 0 aliphatic carbocycles. The van der Waals surface area contributed by atoms with E-state index in [-0.39, 0.29) is 13.0 Å². The van der Waals surface area contributed by atoms with E-state index in [2.05, 4.69) is 19.1 Å². The Morgan fingerprint density at radius 3 is 2.16 bits per heavy atom. The molecule has 4 rings (SSSR count). The van der Waals surface area contributed by atoms with E-state index in [1.165, 1.54) is 11.6 Å². The Morgan fingerprint density at radius 1 is 0.864 bits per heavy atom. The number of benzene rings is 3. The average Bonchev–Trinajstić information content (AvgIpc) is 3.23. The first-order valence-electron chi connectivity index (χ1n) is 14.6.